The maximum absolute atomic E-state index is 11.8. The number of nitrogens with one attached hydrogen (secondary N) is 2. The Balaban J connectivity index is 1.88. The van der Waals surface area contributed by atoms with Gasteiger partial charge in [-0.05, 0) is 44.1 Å². The van der Waals surface area contributed by atoms with Crippen LogP contribution in [0.3, 0.4) is 0 Å². The van der Waals surface area contributed by atoms with Crippen LogP contribution in [-0.4, -0.2) is 42.8 Å². The second-order valence-electron chi connectivity index (χ2n) is 4.84. The molecule has 1 aliphatic heterocycles. The molecule has 7 heteroatoms. The van der Waals surface area contributed by atoms with Crippen LogP contribution in [0.5, 0.6) is 0 Å². The minimum Gasteiger partial charge on any atom is -0.478 e. The predicted molar refractivity (Wildman–Crippen MR) is 81.6 cm³/mol. The minimum absolute atomic E-state index is 0.0282. The molecule has 0 spiro atoms. The summed E-state index contributed by atoms with van der Waals surface area (Å²) in [5, 5.41) is 14.8. The van der Waals surface area contributed by atoms with E-state index < -0.39 is 5.97 Å². The van der Waals surface area contributed by atoms with Crippen LogP contribution in [0.4, 0.5) is 5.69 Å². The van der Waals surface area contributed by atoms with Crippen molar-refractivity contribution in [3.05, 3.63) is 28.2 Å². The molecule has 0 atom stereocenters. The first-order valence-corrected chi connectivity index (χ1v) is 7.50. The van der Waals surface area contributed by atoms with Gasteiger partial charge in [0.25, 0.3) is 0 Å². The molecule has 6 nitrogen and oxygen atoms in total. The SMILES string of the molecule is O=C(COC1CCNCC1)Nc1cc(Br)cc(C(=O)O)c1. The summed E-state index contributed by atoms with van der Waals surface area (Å²) in [4.78, 5) is 22.8. The van der Waals surface area contributed by atoms with Gasteiger partial charge >= 0.3 is 5.97 Å². The largest absolute Gasteiger partial charge is 0.478 e. The molecule has 1 amide bonds. The highest BCUT2D eigenvalue weighted by atomic mass is 79.9. The number of carbonyl (C=O) groups is 2. The number of carboxylic acids is 1. The fraction of sp³-hybridized carbons (Fsp3) is 0.429. The number of piperidine rings is 1. The summed E-state index contributed by atoms with van der Waals surface area (Å²) in [6, 6.07) is 4.54. The molecule has 0 saturated carbocycles. The van der Waals surface area contributed by atoms with Crippen LogP contribution in [0, 0.1) is 0 Å². The Morgan fingerprint density at radius 2 is 2.05 bits per heavy atom. The maximum Gasteiger partial charge on any atom is 0.335 e. The first-order valence-electron chi connectivity index (χ1n) is 6.70. The molecule has 1 saturated heterocycles. The van der Waals surface area contributed by atoms with Gasteiger partial charge in [-0.1, -0.05) is 15.9 Å². The number of hydrogen-bond donors (Lipinski definition) is 3. The number of amides is 1. The molecule has 1 aromatic carbocycles. The summed E-state index contributed by atoms with van der Waals surface area (Å²) in [6.45, 7) is 1.78. The Kier molecular flexibility index (Phi) is 5.72. The van der Waals surface area contributed by atoms with E-state index in [4.69, 9.17) is 9.84 Å². The molecule has 1 aromatic rings. The Morgan fingerprint density at radius 3 is 2.71 bits per heavy atom. The molecule has 0 unspecified atom stereocenters. The molecular formula is C14H17BrN2O4. The topological polar surface area (TPSA) is 87.7 Å². The molecule has 1 fully saturated rings. The van der Waals surface area contributed by atoms with E-state index in [1.807, 2.05) is 0 Å². The standard InChI is InChI=1S/C14H17BrN2O4/c15-10-5-9(14(19)20)6-11(7-10)17-13(18)8-21-12-1-3-16-4-2-12/h5-7,12,16H,1-4,8H2,(H,17,18)(H,19,20). The zero-order valence-corrected chi connectivity index (χ0v) is 13.0. The predicted octanol–water partition coefficient (Wildman–Crippen LogP) is 1.85. The Labute approximate surface area is 131 Å². The third-order valence-corrected chi connectivity index (χ3v) is 3.62. The number of ether oxygens (including phenoxy) is 1. The molecule has 114 valence electrons. The third kappa shape index (κ3) is 5.11. The lowest BCUT2D eigenvalue weighted by atomic mass is 10.1. The van der Waals surface area contributed by atoms with Gasteiger partial charge in [-0.25, -0.2) is 4.79 Å². The van der Waals surface area contributed by atoms with Crippen molar-refractivity contribution in [2.75, 3.05) is 25.0 Å². The van der Waals surface area contributed by atoms with Crippen LogP contribution in [0.25, 0.3) is 0 Å². The van der Waals surface area contributed by atoms with Gasteiger partial charge in [0.1, 0.15) is 6.61 Å². The number of benzene rings is 1. The third-order valence-electron chi connectivity index (χ3n) is 3.16. The molecule has 1 heterocycles. The van der Waals surface area contributed by atoms with Crippen molar-refractivity contribution in [2.45, 2.75) is 18.9 Å². The summed E-state index contributed by atoms with van der Waals surface area (Å²) in [5.41, 5.74) is 0.541. The minimum atomic E-state index is -1.04. The van der Waals surface area contributed by atoms with Crippen molar-refractivity contribution >= 4 is 33.5 Å². The first kappa shape index (κ1) is 15.9. The number of rotatable bonds is 5. The lowest BCUT2D eigenvalue weighted by Gasteiger charge is -2.22. The molecule has 21 heavy (non-hydrogen) atoms. The fourth-order valence-corrected chi connectivity index (χ4v) is 2.63. The molecule has 0 radical (unpaired) electrons. The highest BCUT2D eigenvalue weighted by Crippen LogP contribution is 2.20. The molecule has 0 bridgehead atoms. The van der Waals surface area contributed by atoms with E-state index in [2.05, 4.69) is 26.6 Å². The van der Waals surface area contributed by atoms with Gasteiger partial charge in [0.2, 0.25) is 5.91 Å². The van der Waals surface area contributed by atoms with E-state index in [0.717, 1.165) is 25.9 Å². The second kappa shape index (κ2) is 7.53. The highest BCUT2D eigenvalue weighted by molar-refractivity contribution is 9.10. The number of carboxylic acid groups (broad SMARTS) is 1. The van der Waals surface area contributed by atoms with Gasteiger partial charge in [-0.15, -0.1) is 0 Å². The van der Waals surface area contributed by atoms with E-state index in [1.54, 1.807) is 6.07 Å². The Hall–Kier alpha value is -1.44. The van der Waals surface area contributed by atoms with Crippen LogP contribution in [0.15, 0.2) is 22.7 Å². The van der Waals surface area contributed by atoms with Crippen molar-refractivity contribution in [3.8, 4) is 0 Å². The lowest BCUT2D eigenvalue weighted by Crippen LogP contribution is -2.34. The summed E-state index contributed by atoms with van der Waals surface area (Å²) < 4.78 is 6.14. The van der Waals surface area contributed by atoms with Crippen molar-refractivity contribution in [1.29, 1.82) is 0 Å². The fourth-order valence-electron chi connectivity index (χ4n) is 2.14. The number of hydrogen-bond acceptors (Lipinski definition) is 4. The molecular weight excluding hydrogens is 340 g/mol. The van der Waals surface area contributed by atoms with Crippen molar-refractivity contribution in [2.24, 2.45) is 0 Å². The monoisotopic (exact) mass is 356 g/mol. The van der Waals surface area contributed by atoms with Gasteiger partial charge < -0.3 is 20.5 Å². The average molecular weight is 357 g/mol. The number of halogens is 1. The zero-order valence-electron chi connectivity index (χ0n) is 11.4. The zero-order chi connectivity index (χ0) is 15.2. The van der Waals surface area contributed by atoms with E-state index in [9.17, 15) is 9.59 Å². The maximum atomic E-state index is 11.8. The summed E-state index contributed by atoms with van der Waals surface area (Å²) in [7, 11) is 0. The highest BCUT2D eigenvalue weighted by Gasteiger charge is 2.15. The molecule has 1 aliphatic rings. The normalized spacial score (nSPS) is 15.7. The number of carbonyl (C=O) groups excluding carboxylic acids is 1. The number of anilines is 1. The van der Waals surface area contributed by atoms with Crippen molar-refractivity contribution in [1.82, 2.24) is 5.32 Å². The van der Waals surface area contributed by atoms with E-state index in [-0.39, 0.29) is 24.2 Å². The van der Waals surface area contributed by atoms with E-state index in [1.165, 1.54) is 12.1 Å². The number of aromatic carboxylic acids is 1. The summed E-state index contributed by atoms with van der Waals surface area (Å²) >= 11 is 3.22. The van der Waals surface area contributed by atoms with Crippen LogP contribution in [0.1, 0.15) is 23.2 Å². The molecule has 3 N–H and O–H groups in total. The molecule has 0 aromatic heterocycles. The van der Waals surface area contributed by atoms with Crippen LogP contribution in [-0.2, 0) is 9.53 Å². The molecule has 0 aliphatic carbocycles. The summed E-state index contributed by atoms with van der Waals surface area (Å²) in [6.07, 6.45) is 1.90. The average Bonchev–Trinajstić information content (AvgIpc) is 2.45. The molecule has 2 rings (SSSR count). The Morgan fingerprint density at radius 1 is 1.33 bits per heavy atom. The first-order chi connectivity index (χ1) is 10.0. The van der Waals surface area contributed by atoms with Crippen molar-refractivity contribution in [3.63, 3.8) is 0 Å². The quantitative estimate of drug-likeness (QED) is 0.749. The van der Waals surface area contributed by atoms with E-state index >= 15 is 0 Å². The lowest BCUT2D eigenvalue weighted by molar-refractivity contribution is -0.123. The van der Waals surface area contributed by atoms with Gasteiger partial charge in [-0.2, -0.15) is 0 Å². The summed E-state index contributed by atoms with van der Waals surface area (Å²) in [5.74, 6) is -1.33. The van der Waals surface area contributed by atoms with Crippen molar-refractivity contribution < 1.29 is 19.4 Å². The van der Waals surface area contributed by atoms with E-state index in [0.29, 0.717) is 10.2 Å². The smallest absolute Gasteiger partial charge is 0.335 e. The van der Waals surface area contributed by atoms with Gasteiger partial charge in [-0.3, -0.25) is 4.79 Å². The second-order valence-corrected chi connectivity index (χ2v) is 5.76. The van der Waals surface area contributed by atoms with Gasteiger partial charge in [0.15, 0.2) is 0 Å². The van der Waals surface area contributed by atoms with Crippen LogP contribution in [0.2, 0.25) is 0 Å². The Bertz CT molecular complexity index is 530. The van der Waals surface area contributed by atoms with Crippen LogP contribution < -0.4 is 10.6 Å². The van der Waals surface area contributed by atoms with Gasteiger partial charge in [0.05, 0.1) is 11.7 Å². The van der Waals surface area contributed by atoms with Gasteiger partial charge in [0, 0.05) is 10.2 Å². The van der Waals surface area contributed by atoms with Crippen LogP contribution >= 0.6 is 15.9 Å².